The summed E-state index contributed by atoms with van der Waals surface area (Å²) in [6, 6.07) is 15.0. The Balaban J connectivity index is 2.09. The molecule has 0 aliphatic heterocycles. The third kappa shape index (κ3) is 3.52. The van der Waals surface area contributed by atoms with E-state index in [1.165, 1.54) is 12.1 Å². The minimum absolute atomic E-state index is 0.159. The van der Waals surface area contributed by atoms with Gasteiger partial charge in [-0.25, -0.2) is 13.4 Å². The Bertz CT molecular complexity index is 1000. The third-order valence-electron chi connectivity index (χ3n) is 3.77. The van der Waals surface area contributed by atoms with E-state index in [1.807, 2.05) is 6.92 Å². The summed E-state index contributed by atoms with van der Waals surface area (Å²) in [5, 5.41) is 0.325. The molecule has 0 unspecified atom stereocenters. The molecule has 0 bridgehead atoms. The number of aryl methyl sites for hydroxylation is 1. The molecule has 6 heteroatoms. The Morgan fingerprint density at radius 3 is 2.32 bits per heavy atom. The van der Waals surface area contributed by atoms with Crippen LogP contribution in [0.1, 0.15) is 11.1 Å². The molecule has 0 aliphatic rings. The lowest BCUT2D eigenvalue weighted by Gasteiger charge is -2.14. The van der Waals surface area contributed by atoms with Gasteiger partial charge in [-0.2, -0.15) is 0 Å². The van der Waals surface area contributed by atoms with Gasteiger partial charge in [0.15, 0.2) is 5.75 Å². The van der Waals surface area contributed by atoms with Crippen molar-refractivity contribution in [2.45, 2.75) is 23.6 Å². The van der Waals surface area contributed by atoms with E-state index in [0.29, 0.717) is 16.5 Å². The number of sulfone groups is 1. The van der Waals surface area contributed by atoms with Gasteiger partial charge < -0.3 is 4.74 Å². The van der Waals surface area contributed by atoms with Gasteiger partial charge in [0.25, 0.3) is 0 Å². The molecule has 0 spiro atoms. The average molecular weight is 374 g/mol. The molecule has 0 saturated carbocycles. The summed E-state index contributed by atoms with van der Waals surface area (Å²) in [5.41, 5.74) is 1.43. The van der Waals surface area contributed by atoms with Gasteiger partial charge in [0.05, 0.1) is 14.8 Å². The molecule has 25 heavy (non-hydrogen) atoms. The SMILES string of the molecule is Cc1ccc(S(=O)(=O)c2ccc(Cl)c(Oc3ccccn3)c2C)cc1. The largest absolute Gasteiger partial charge is 0.437 e. The monoisotopic (exact) mass is 373 g/mol. The van der Waals surface area contributed by atoms with Crippen molar-refractivity contribution in [2.24, 2.45) is 0 Å². The second-order valence-electron chi connectivity index (χ2n) is 5.59. The summed E-state index contributed by atoms with van der Waals surface area (Å²) in [6.07, 6.45) is 1.59. The Kier molecular flexibility index (Phi) is 4.79. The molecule has 0 radical (unpaired) electrons. The minimum Gasteiger partial charge on any atom is -0.437 e. The molecular formula is C19H16ClNO3S. The van der Waals surface area contributed by atoms with Crippen LogP contribution in [0.5, 0.6) is 11.6 Å². The summed E-state index contributed by atoms with van der Waals surface area (Å²) in [4.78, 5) is 4.47. The van der Waals surface area contributed by atoms with Crippen molar-refractivity contribution in [1.82, 2.24) is 4.98 Å². The van der Waals surface area contributed by atoms with Crippen LogP contribution in [0.3, 0.4) is 0 Å². The molecule has 3 aromatic rings. The zero-order chi connectivity index (χ0) is 18.0. The fraction of sp³-hybridized carbons (Fsp3) is 0.105. The minimum atomic E-state index is -3.68. The fourth-order valence-electron chi connectivity index (χ4n) is 2.41. The first-order valence-corrected chi connectivity index (χ1v) is 9.45. The van der Waals surface area contributed by atoms with Gasteiger partial charge in [-0.15, -0.1) is 0 Å². The Morgan fingerprint density at radius 2 is 1.68 bits per heavy atom. The number of pyridine rings is 1. The summed E-state index contributed by atoms with van der Waals surface area (Å²) in [5.74, 6) is 0.630. The van der Waals surface area contributed by atoms with E-state index in [9.17, 15) is 8.42 Å². The fourth-order valence-corrected chi connectivity index (χ4v) is 4.15. The Hall–Kier alpha value is -2.37. The van der Waals surface area contributed by atoms with E-state index in [-0.39, 0.29) is 15.5 Å². The number of ether oxygens (including phenoxy) is 1. The van der Waals surface area contributed by atoms with E-state index < -0.39 is 9.84 Å². The third-order valence-corrected chi connectivity index (χ3v) is 5.99. The first-order valence-electron chi connectivity index (χ1n) is 7.59. The van der Waals surface area contributed by atoms with Crippen LogP contribution in [0.4, 0.5) is 0 Å². The van der Waals surface area contributed by atoms with Crippen LogP contribution in [0, 0.1) is 13.8 Å². The smallest absolute Gasteiger partial charge is 0.219 e. The summed E-state index contributed by atoms with van der Waals surface area (Å²) >= 11 is 6.22. The first-order chi connectivity index (χ1) is 11.9. The van der Waals surface area contributed by atoms with Crippen LogP contribution in [-0.2, 0) is 9.84 Å². The van der Waals surface area contributed by atoms with Crippen LogP contribution in [0.2, 0.25) is 5.02 Å². The number of halogens is 1. The maximum Gasteiger partial charge on any atom is 0.219 e. The quantitative estimate of drug-likeness (QED) is 0.647. The molecule has 0 atom stereocenters. The van der Waals surface area contributed by atoms with E-state index >= 15 is 0 Å². The number of rotatable bonds is 4. The van der Waals surface area contributed by atoms with Crippen molar-refractivity contribution in [3.05, 3.63) is 76.9 Å². The summed E-state index contributed by atoms with van der Waals surface area (Å²) < 4.78 is 31.7. The number of nitrogens with zero attached hydrogens (tertiary/aromatic N) is 1. The van der Waals surface area contributed by atoms with Crippen molar-refractivity contribution in [3.63, 3.8) is 0 Å². The van der Waals surface area contributed by atoms with Crippen LogP contribution in [-0.4, -0.2) is 13.4 Å². The van der Waals surface area contributed by atoms with E-state index in [2.05, 4.69) is 4.98 Å². The molecule has 3 rings (SSSR count). The van der Waals surface area contributed by atoms with E-state index in [0.717, 1.165) is 5.56 Å². The molecule has 128 valence electrons. The average Bonchev–Trinajstić information content (AvgIpc) is 2.59. The highest BCUT2D eigenvalue weighted by molar-refractivity contribution is 7.91. The number of hydrogen-bond donors (Lipinski definition) is 0. The number of hydrogen-bond acceptors (Lipinski definition) is 4. The predicted molar refractivity (Wildman–Crippen MR) is 97.1 cm³/mol. The molecule has 1 heterocycles. The van der Waals surface area contributed by atoms with Gasteiger partial charge in [0.1, 0.15) is 0 Å². The highest BCUT2D eigenvalue weighted by Gasteiger charge is 2.23. The lowest BCUT2D eigenvalue weighted by molar-refractivity contribution is 0.457. The summed E-state index contributed by atoms with van der Waals surface area (Å²) in [7, 11) is -3.68. The number of aromatic nitrogens is 1. The highest BCUT2D eigenvalue weighted by atomic mass is 35.5. The lowest BCUT2D eigenvalue weighted by Crippen LogP contribution is -2.05. The maximum atomic E-state index is 13.0. The Morgan fingerprint density at radius 1 is 0.960 bits per heavy atom. The van der Waals surface area contributed by atoms with Crippen LogP contribution in [0.25, 0.3) is 0 Å². The lowest BCUT2D eigenvalue weighted by atomic mass is 10.2. The van der Waals surface area contributed by atoms with Gasteiger partial charge in [-0.3, -0.25) is 0 Å². The van der Waals surface area contributed by atoms with Gasteiger partial charge in [-0.05, 0) is 44.2 Å². The zero-order valence-corrected chi connectivity index (χ0v) is 15.3. The topological polar surface area (TPSA) is 56.3 Å². The van der Waals surface area contributed by atoms with E-state index in [4.69, 9.17) is 16.3 Å². The van der Waals surface area contributed by atoms with E-state index in [1.54, 1.807) is 55.6 Å². The molecule has 0 N–H and O–H groups in total. The maximum absolute atomic E-state index is 13.0. The van der Waals surface area contributed by atoms with Gasteiger partial charge in [0.2, 0.25) is 15.7 Å². The molecular weight excluding hydrogens is 358 g/mol. The van der Waals surface area contributed by atoms with Crippen molar-refractivity contribution in [3.8, 4) is 11.6 Å². The van der Waals surface area contributed by atoms with Crippen molar-refractivity contribution in [2.75, 3.05) is 0 Å². The van der Waals surface area contributed by atoms with Crippen molar-refractivity contribution >= 4 is 21.4 Å². The number of benzene rings is 2. The Labute approximate surface area is 152 Å². The second kappa shape index (κ2) is 6.86. The summed E-state index contributed by atoms with van der Waals surface area (Å²) in [6.45, 7) is 3.58. The van der Waals surface area contributed by atoms with Crippen molar-refractivity contribution in [1.29, 1.82) is 0 Å². The molecule has 0 saturated heterocycles. The normalized spacial score (nSPS) is 11.3. The first kappa shape index (κ1) is 17.5. The zero-order valence-electron chi connectivity index (χ0n) is 13.7. The molecule has 2 aromatic carbocycles. The van der Waals surface area contributed by atoms with Crippen LogP contribution in [0.15, 0.2) is 70.6 Å². The standard InChI is InChI=1S/C19H16ClNO3S/c1-13-6-8-15(9-7-13)25(22,23)17-11-10-16(20)19(14(17)2)24-18-5-3-4-12-21-18/h3-12H,1-2H3. The molecule has 0 amide bonds. The second-order valence-corrected chi connectivity index (χ2v) is 7.91. The van der Waals surface area contributed by atoms with Crippen LogP contribution < -0.4 is 4.74 Å². The highest BCUT2D eigenvalue weighted by Crippen LogP contribution is 2.37. The molecule has 0 fully saturated rings. The van der Waals surface area contributed by atoms with Gasteiger partial charge in [-0.1, -0.05) is 35.4 Å². The van der Waals surface area contributed by atoms with Gasteiger partial charge >= 0.3 is 0 Å². The predicted octanol–water partition coefficient (Wildman–Crippen LogP) is 4.98. The van der Waals surface area contributed by atoms with Crippen molar-refractivity contribution < 1.29 is 13.2 Å². The molecule has 0 aliphatic carbocycles. The molecule has 1 aromatic heterocycles. The molecule has 4 nitrogen and oxygen atoms in total. The van der Waals surface area contributed by atoms with Gasteiger partial charge in [0, 0.05) is 17.8 Å². The van der Waals surface area contributed by atoms with Crippen LogP contribution >= 0.6 is 11.6 Å².